The van der Waals surface area contributed by atoms with Crippen LogP contribution in [0.5, 0.6) is 5.75 Å². The number of nitrogens with zero attached hydrogens (tertiary/aromatic N) is 5. The molecule has 31 heavy (non-hydrogen) atoms. The molecule has 0 bridgehead atoms. The number of rotatable bonds is 5. The van der Waals surface area contributed by atoms with Crippen LogP contribution in [0.2, 0.25) is 0 Å². The van der Waals surface area contributed by atoms with Gasteiger partial charge >= 0.3 is 6.18 Å². The second kappa shape index (κ2) is 7.49. The maximum Gasteiger partial charge on any atom is 0.433 e. The molecule has 3 aromatic heterocycles. The fourth-order valence-corrected chi connectivity index (χ4v) is 3.90. The van der Waals surface area contributed by atoms with E-state index in [-0.39, 0.29) is 33.4 Å². The van der Waals surface area contributed by atoms with Gasteiger partial charge in [0.25, 0.3) is 0 Å². The van der Waals surface area contributed by atoms with Gasteiger partial charge in [-0.2, -0.15) is 18.4 Å². The van der Waals surface area contributed by atoms with Gasteiger partial charge in [0, 0.05) is 18.9 Å². The van der Waals surface area contributed by atoms with E-state index in [2.05, 4.69) is 15.0 Å². The number of imidazole rings is 1. The second-order valence-corrected chi connectivity index (χ2v) is 9.62. The smallest absolute Gasteiger partial charge is 0.433 e. The molecule has 8 nitrogen and oxygen atoms in total. The number of nitrogens with one attached hydrogen (secondary N) is 1. The summed E-state index contributed by atoms with van der Waals surface area (Å²) in [6.07, 6.45) is -2.28. The number of hydrogen-bond donors (Lipinski definition) is 1. The molecule has 1 atom stereocenters. The number of aryl methyl sites for hydroxylation is 1. The molecule has 3 rings (SSSR count). The summed E-state index contributed by atoms with van der Waals surface area (Å²) in [5.41, 5.74) is -1.84. The first-order valence-electron chi connectivity index (χ1n) is 9.06. The van der Waals surface area contributed by atoms with Gasteiger partial charge < -0.3 is 9.30 Å². The molecule has 0 aromatic carbocycles. The van der Waals surface area contributed by atoms with Crippen molar-refractivity contribution < 1.29 is 22.1 Å². The molecular formula is C19H19F3N6O2S. The van der Waals surface area contributed by atoms with Crippen LogP contribution in [-0.2, 0) is 23.0 Å². The molecule has 0 saturated carbocycles. The van der Waals surface area contributed by atoms with Crippen LogP contribution in [-0.4, -0.2) is 35.1 Å². The van der Waals surface area contributed by atoms with Gasteiger partial charge in [0.2, 0.25) is 0 Å². The van der Waals surface area contributed by atoms with E-state index >= 15 is 0 Å². The van der Waals surface area contributed by atoms with Crippen LogP contribution >= 0.6 is 0 Å². The summed E-state index contributed by atoms with van der Waals surface area (Å²) in [4.78, 5) is 12.0. The molecule has 3 aromatic rings. The van der Waals surface area contributed by atoms with Crippen molar-refractivity contribution in [1.29, 1.82) is 10.0 Å². The van der Waals surface area contributed by atoms with Gasteiger partial charge in [-0.15, -0.1) is 0 Å². The lowest BCUT2D eigenvalue weighted by atomic mass is 10.2. The first-order chi connectivity index (χ1) is 14.3. The van der Waals surface area contributed by atoms with Crippen LogP contribution in [0, 0.1) is 16.1 Å². The Kier molecular flexibility index (Phi) is 5.43. The monoisotopic (exact) mass is 452 g/mol. The second-order valence-electron chi connectivity index (χ2n) is 7.26. The zero-order valence-corrected chi connectivity index (χ0v) is 17.9. The lowest BCUT2D eigenvalue weighted by Gasteiger charge is -2.19. The van der Waals surface area contributed by atoms with Gasteiger partial charge in [0.05, 0.1) is 38.1 Å². The molecular weight excluding hydrogens is 433 g/mol. The Hall–Kier alpha value is -3.20. The zero-order valence-electron chi connectivity index (χ0n) is 17.1. The molecule has 3 heterocycles. The number of hydrogen-bond acceptors (Lipinski definition) is 7. The number of ether oxygens (including phenoxy) is 1. The molecule has 0 aliphatic rings. The highest BCUT2D eigenvalue weighted by Crippen LogP contribution is 2.34. The third-order valence-electron chi connectivity index (χ3n) is 4.50. The van der Waals surface area contributed by atoms with Crippen molar-refractivity contribution in [2.45, 2.75) is 37.4 Å². The van der Waals surface area contributed by atoms with Crippen molar-refractivity contribution in [1.82, 2.24) is 19.5 Å². The highest BCUT2D eigenvalue weighted by Gasteiger charge is 2.33. The van der Waals surface area contributed by atoms with Crippen molar-refractivity contribution >= 4 is 20.8 Å². The predicted octanol–water partition coefficient (Wildman–Crippen LogP) is 4.16. The van der Waals surface area contributed by atoms with E-state index in [4.69, 9.17) is 9.52 Å². The summed E-state index contributed by atoms with van der Waals surface area (Å²) < 4.78 is 67.3. The van der Waals surface area contributed by atoms with E-state index in [1.54, 1.807) is 14.0 Å². The van der Waals surface area contributed by atoms with E-state index in [0.717, 1.165) is 12.3 Å². The van der Waals surface area contributed by atoms with Gasteiger partial charge in [-0.1, -0.05) is 6.92 Å². The highest BCUT2D eigenvalue weighted by atomic mass is 32.2. The number of nitriles is 1. The Morgan fingerprint density at radius 1 is 1.26 bits per heavy atom. The highest BCUT2D eigenvalue weighted by molar-refractivity contribution is 7.92. The van der Waals surface area contributed by atoms with Crippen LogP contribution in [0.15, 0.2) is 29.4 Å². The van der Waals surface area contributed by atoms with E-state index in [1.165, 1.54) is 30.7 Å². The van der Waals surface area contributed by atoms with Crippen molar-refractivity contribution in [2.24, 2.45) is 7.05 Å². The Labute approximate surface area is 176 Å². The Morgan fingerprint density at radius 3 is 2.52 bits per heavy atom. The summed E-state index contributed by atoms with van der Waals surface area (Å²) in [7, 11) is -1.76. The van der Waals surface area contributed by atoms with Crippen LogP contribution in [0.1, 0.15) is 26.5 Å². The van der Waals surface area contributed by atoms with E-state index in [9.17, 15) is 22.6 Å². The summed E-state index contributed by atoms with van der Waals surface area (Å²) in [5.74, 6) is 0.236. The van der Waals surface area contributed by atoms with E-state index in [0.29, 0.717) is 5.52 Å². The number of alkyl halides is 3. The third-order valence-corrected chi connectivity index (χ3v) is 6.34. The van der Waals surface area contributed by atoms with Crippen LogP contribution < -0.4 is 4.74 Å². The number of halogens is 3. The molecule has 0 radical (unpaired) electrons. The van der Waals surface area contributed by atoms with Gasteiger partial charge in [-0.25, -0.2) is 23.9 Å². The van der Waals surface area contributed by atoms with Crippen molar-refractivity contribution in [3.8, 4) is 23.3 Å². The average molecular weight is 452 g/mol. The van der Waals surface area contributed by atoms with Crippen LogP contribution in [0.3, 0.4) is 0 Å². The third kappa shape index (κ3) is 4.32. The molecule has 0 aliphatic heterocycles. The molecule has 0 aliphatic carbocycles. The topological polar surface area (TPSA) is 118 Å². The fourth-order valence-electron chi connectivity index (χ4n) is 2.83. The normalized spacial score (nSPS) is 14.3. The maximum atomic E-state index is 13.0. The Bertz CT molecular complexity index is 1310. The standard InChI is InChI=1S/C19H19F3N6O2S/c1-5-31(24,29)14-6-11(30-18(2,3)10-23)8-26-16(14)17-27-12-7-15(19(20,21)22)25-9-13(12)28(17)4/h6-9,24H,5H2,1-4H3. The molecule has 164 valence electrons. The first kappa shape index (κ1) is 22.5. The predicted molar refractivity (Wildman–Crippen MR) is 107 cm³/mol. The zero-order chi connectivity index (χ0) is 23.2. The lowest BCUT2D eigenvalue weighted by Crippen LogP contribution is -2.25. The minimum Gasteiger partial charge on any atom is -0.471 e. The molecule has 0 fully saturated rings. The van der Waals surface area contributed by atoms with Gasteiger partial charge in [0.15, 0.2) is 11.4 Å². The number of aromatic nitrogens is 4. The Morgan fingerprint density at radius 2 is 1.94 bits per heavy atom. The van der Waals surface area contributed by atoms with Crippen molar-refractivity contribution in [3.63, 3.8) is 0 Å². The first-order valence-corrected chi connectivity index (χ1v) is 10.8. The van der Waals surface area contributed by atoms with Crippen LogP contribution in [0.4, 0.5) is 13.2 Å². The lowest BCUT2D eigenvalue weighted by molar-refractivity contribution is -0.141. The number of fused-ring (bicyclic) bond motifs is 1. The van der Waals surface area contributed by atoms with Crippen molar-refractivity contribution in [3.05, 3.63) is 30.2 Å². The molecule has 0 amide bonds. The fraction of sp³-hybridized carbons (Fsp3) is 0.368. The molecule has 0 spiro atoms. The SMILES string of the molecule is CCS(=N)(=O)c1cc(OC(C)(C)C#N)cnc1-c1nc2cc(C(F)(F)F)ncc2n1C. The largest absolute Gasteiger partial charge is 0.471 e. The molecule has 1 N–H and O–H groups in total. The van der Waals surface area contributed by atoms with Gasteiger partial charge in [-0.05, 0) is 19.9 Å². The van der Waals surface area contributed by atoms with E-state index < -0.39 is 27.2 Å². The van der Waals surface area contributed by atoms with Gasteiger partial charge in [-0.3, -0.25) is 0 Å². The van der Waals surface area contributed by atoms with E-state index in [1.807, 2.05) is 6.07 Å². The average Bonchev–Trinajstić information content (AvgIpc) is 3.03. The molecule has 12 heteroatoms. The maximum absolute atomic E-state index is 13.0. The number of pyridine rings is 2. The van der Waals surface area contributed by atoms with Crippen molar-refractivity contribution in [2.75, 3.05) is 5.75 Å². The summed E-state index contributed by atoms with van der Waals surface area (Å²) in [6, 6.07) is 4.15. The Balaban J connectivity index is 2.23. The summed E-state index contributed by atoms with van der Waals surface area (Å²) >= 11 is 0. The minimum atomic E-state index is -4.63. The minimum absolute atomic E-state index is 0.0173. The van der Waals surface area contributed by atoms with Crippen LogP contribution in [0.25, 0.3) is 22.6 Å². The summed E-state index contributed by atoms with van der Waals surface area (Å²) in [5, 5.41) is 9.17. The quantitative estimate of drug-likeness (QED) is 0.621. The summed E-state index contributed by atoms with van der Waals surface area (Å²) in [6.45, 7) is 4.64. The molecule has 1 unspecified atom stereocenters. The van der Waals surface area contributed by atoms with Gasteiger partial charge in [0.1, 0.15) is 23.2 Å². The molecule has 0 saturated heterocycles.